The number of carbonyl (C=O) groups is 2. The Morgan fingerprint density at radius 2 is 1.89 bits per heavy atom. The van der Waals surface area contributed by atoms with Gasteiger partial charge in [0.1, 0.15) is 0 Å². The van der Waals surface area contributed by atoms with Gasteiger partial charge in [-0.1, -0.05) is 26.7 Å². The number of nitrogens with two attached hydrogens (primary N) is 1. The molecule has 4 unspecified atom stereocenters. The second kappa shape index (κ2) is 6.89. The van der Waals surface area contributed by atoms with Crippen molar-refractivity contribution in [1.29, 1.82) is 0 Å². The molecule has 0 heterocycles. The molecular formula is C14H26N2O3. The molecule has 1 rings (SSSR count). The van der Waals surface area contributed by atoms with Gasteiger partial charge >= 0.3 is 5.97 Å². The number of hydrogen-bond acceptors (Lipinski definition) is 3. The van der Waals surface area contributed by atoms with Crippen molar-refractivity contribution in [3.05, 3.63) is 0 Å². The third-order valence-corrected chi connectivity index (χ3v) is 4.43. The predicted molar refractivity (Wildman–Crippen MR) is 73.5 cm³/mol. The van der Waals surface area contributed by atoms with Crippen molar-refractivity contribution in [2.24, 2.45) is 23.5 Å². The number of rotatable bonds is 6. The van der Waals surface area contributed by atoms with E-state index in [4.69, 9.17) is 5.73 Å². The summed E-state index contributed by atoms with van der Waals surface area (Å²) in [7, 11) is 0. The third kappa shape index (κ3) is 3.69. The Bertz CT molecular complexity index is 329. The molecule has 19 heavy (non-hydrogen) atoms. The van der Waals surface area contributed by atoms with E-state index in [0.717, 1.165) is 19.3 Å². The van der Waals surface area contributed by atoms with Crippen LogP contribution in [0.5, 0.6) is 0 Å². The van der Waals surface area contributed by atoms with E-state index in [-0.39, 0.29) is 29.8 Å². The molecule has 1 fully saturated rings. The van der Waals surface area contributed by atoms with E-state index >= 15 is 0 Å². The summed E-state index contributed by atoms with van der Waals surface area (Å²) in [5.74, 6) is -1.22. The van der Waals surface area contributed by atoms with Gasteiger partial charge in [0.2, 0.25) is 5.91 Å². The molecule has 5 nitrogen and oxygen atoms in total. The van der Waals surface area contributed by atoms with Crippen LogP contribution in [0.4, 0.5) is 0 Å². The predicted octanol–water partition coefficient (Wildman–Crippen LogP) is 1.37. The molecule has 110 valence electrons. The highest BCUT2D eigenvalue weighted by Crippen LogP contribution is 2.37. The molecule has 1 aliphatic rings. The van der Waals surface area contributed by atoms with Crippen LogP contribution in [0.3, 0.4) is 0 Å². The Hall–Kier alpha value is -1.10. The molecule has 1 saturated carbocycles. The summed E-state index contributed by atoms with van der Waals surface area (Å²) in [5.41, 5.74) is 6.12. The number of carboxylic acids is 1. The van der Waals surface area contributed by atoms with Gasteiger partial charge in [-0.2, -0.15) is 0 Å². The van der Waals surface area contributed by atoms with Crippen molar-refractivity contribution in [2.45, 2.75) is 58.5 Å². The molecule has 0 aromatic heterocycles. The first kappa shape index (κ1) is 16.0. The number of amides is 1. The van der Waals surface area contributed by atoms with Gasteiger partial charge in [0.15, 0.2) is 0 Å². The van der Waals surface area contributed by atoms with Gasteiger partial charge in [-0.15, -0.1) is 0 Å². The van der Waals surface area contributed by atoms with Crippen molar-refractivity contribution < 1.29 is 14.7 Å². The zero-order chi connectivity index (χ0) is 14.6. The van der Waals surface area contributed by atoms with Crippen molar-refractivity contribution in [2.75, 3.05) is 0 Å². The van der Waals surface area contributed by atoms with E-state index < -0.39 is 11.9 Å². The van der Waals surface area contributed by atoms with Crippen LogP contribution in [0.25, 0.3) is 0 Å². The molecule has 0 spiro atoms. The summed E-state index contributed by atoms with van der Waals surface area (Å²) >= 11 is 0. The fraction of sp³-hybridized carbons (Fsp3) is 0.857. The minimum absolute atomic E-state index is 0.111. The van der Waals surface area contributed by atoms with Crippen molar-refractivity contribution in [3.63, 3.8) is 0 Å². The van der Waals surface area contributed by atoms with Crippen LogP contribution < -0.4 is 11.1 Å². The maximum Gasteiger partial charge on any atom is 0.306 e. The zero-order valence-electron chi connectivity index (χ0n) is 12.1. The van der Waals surface area contributed by atoms with Crippen molar-refractivity contribution >= 4 is 11.9 Å². The minimum atomic E-state index is -0.792. The first-order valence-corrected chi connectivity index (χ1v) is 7.17. The van der Waals surface area contributed by atoms with E-state index in [9.17, 15) is 14.7 Å². The summed E-state index contributed by atoms with van der Waals surface area (Å²) in [5, 5.41) is 12.3. The fourth-order valence-electron chi connectivity index (χ4n) is 3.42. The second-order valence-corrected chi connectivity index (χ2v) is 5.57. The Labute approximate surface area is 114 Å². The summed E-state index contributed by atoms with van der Waals surface area (Å²) < 4.78 is 0. The Kier molecular flexibility index (Phi) is 5.79. The van der Waals surface area contributed by atoms with Gasteiger partial charge in [0, 0.05) is 24.9 Å². The van der Waals surface area contributed by atoms with E-state index in [0.29, 0.717) is 6.42 Å². The second-order valence-electron chi connectivity index (χ2n) is 5.57. The topological polar surface area (TPSA) is 92.4 Å². The standard InChI is InChI=1S/C14H26N2O3/c1-4-9(5-2)13(16-8(3)17)12-10(14(18)19)6-7-11(12)15/h9-13H,4-7,15H2,1-3H3,(H,16,17)(H,18,19). The molecule has 0 aromatic carbocycles. The fourth-order valence-corrected chi connectivity index (χ4v) is 3.42. The van der Waals surface area contributed by atoms with Crippen LogP contribution in [-0.2, 0) is 9.59 Å². The number of carbonyl (C=O) groups excluding carboxylic acids is 1. The first-order chi connectivity index (χ1) is 8.92. The monoisotopic (exact) mass is 270 g/mol. The molecule has 4 N–H and O–H groups in total. The Balaban J connectivity index is 2.99. The quantitative estimate of drug-likeness (QED) is 0.679. The highest BCUT2D eigenvalue weighted by molar-refractivity contribution is 5.74. The highest BCUT2D eigenvalue weighted by Gasteiger charge is 2.45. The number of carboxylic acid groups (broad SMARTS) is 1. The number of aliphatic carboxylic acids is 1. The molecule has 0 bridgehead atoms. The van der Waals surface area contributed by atoms with E-state index in [2.05, 4.69) is 19.2 Å². The molecule has 5 heteroatoms. The maximum atomic E-state index is 11.4. The summed E-state index contributed by atoms with van der Waals surface area (Å²) in [6.07, 6.45) is 3.16. The van der Waals surface area contributed by atoms with Crippen LogP contribution in [0, 0.1) is 17.8 Å². The van der Waals surface area contributed by atoms with Gasteiger partial charge < -0.3 is 16.2 Å². The average molecular weight is 270 g/mol. The molecule has 0 saturated heterocycles. The first-order valence-electron chi connectivity index (χ1n) is 7.17. The molecule has 0 aromatic rings. The van der Waals surface area contributed by atoms with Crippen LogP contribution in [-0.4, -0.2) is 29.1 Å². The smallest absolute Gasteiger partial charge is 0.306 e. The zero-order valence-corrected chi connectivity index (χ0v) is 12.1. The molecular weight excluding hydrogens is 244 g/mol. The number of nitrogens with one attached hydrogen (secondary N) is 1. The van der Waals surface area contributed by atoms with Crippen LogP contribution >= 0.6 is 0 Å². The van der Waals surface area contributed by atoms with Crippen molar-refractivity contribution in [3.8, 4) is 0 Å². The molecule has 0 aliphatic heterocycles. The minimum Gasteiger partial charge on any atom is -0.481 e. The van der Waals surface area contributed by atoms with Gasteiger partial charge in [-0.25, -0.2) is 0 Å². The van der Waals surface area contributed by atoms with Gasteiger partial charge in [0.25, 0.3) is 0 Å². The SMILES string of the molecule is CCC(CC)C(NC(C)=O)C1C(N)CCC1C(=O)O. The van der Waals surface area contributed by atoms with E-state index in [1.54, 1.807) is 0 Å². The molecule has 0 radical (unpaired) electrons. The number of hydrogen-bond donors (Lipinski definition) is 3. The Morgan fingerprint density at radius 3 is 2.32 bits per heavy atom. The van der Waals surface area contributed by atoms with E-state index in [1.807, 2.05) is 0 Å². The van der Waals surface area contributed by atoms with E-state index in [1.165, 1.54) is 6.92 Å². The van der Waals surface area contributed by atoms with Crippen LogP contribution in [0.15, 0.2) is 0 Å². The molecule has 4 atom stereocenters. The summed E-state index contributed by atoms with van der Waals surface area (Å²) in [6.45, 7) is 5.62. The Morgan fingerprint density at radius 1 is 1.32 bits per heavy atom. The van der Waals surface area contributed by atoms with Gasteiger partial charge in [-0.05, 0) is 18.8 Å². The highest BCUT2D eigenvalue weighted by atomic mass is 16.4. The summed E-state index contributed by atoms with van der Waals surface area (Å²) in [4.78, 5) is 22.8. The van der Waals surface area contributed by atoms with Crippen LogP contribution in [0.1, 0.15) is 46.5 Å². The maximum absolute atomic E-state index is 11.4. The third-order valence-electron chi connectivity index (χ3n) is 4.43. The lowest BCUT2D eigenvalue weighted by Gasteiger charge is -2.35. The van der Waals surface area contributed by atoms with Gasteiger partial charge in [-0.3, -0.25) is 9.59 Å². The van der Waals surface area contributed by atoms with Crippen LogP contribution in [0.2, 0.25) is 0 Å². The average Bonchev–Trinajstić information content (AvgIpc) is 2.71. The van der Waals surface area contributed by atoms with Gasteiger partial charge in [0.05, 0.1) is 5.92 Å². The lowest BCUT2D eigenvalue weighted by Crippen LogP contribution is -2.51. The lowest BCUT2D eigenvalue weighted by atomic mass is 9.78. The van der Waals surface area contributed by atoms with Crippen molar-refractivity contribution in [1.82, 2.24) is 5.32 Å². The molecule has 1 amide bonds. The largest absolute Gasteiger partial charge is 0.481 e. The normalized spacial score (nSPS) is 28.4. The lowest BCUT2D eigenvalue weighted by molar-refractivity contribution is -0.144. The molecule has 1 aliphatic carbocycles. The summed E-state index contributed by atoms with van der Waals surface area (Å²) in [6, 6.07) is -0.273.